The summed E-state index contributed by atoms with van der Waals surface area (Å²) in [6.07, 6.45) is 3.56. The minimum Gasteiger partial charge on any atom is -0.465 e. The lowest BCUT2D eigenvalue weighted by molar-refractivity contribution is -0.146. The number of aromatic nitrogens is 2. The Morgan fingerprint density at radius 2 is 1.74 bits per heavy atom. The van der Waals surface area contributed by atoms with E-state index in [2.05, 4.69) is 4.98 Å². The number of nitrogens with zero attached hydrogens (tertiary/aromatic N) is 3. The Kier molecular flexibility index (Phi) is 8.81. The molecule has 0 aliphatic heterocycles. The summed E-state index contributed by atoms with van der Waals surface area (Å²) in [5, 5.41) is 0.599. The van der Waals surface area contributed by atoms with Crippen LogP contribution in [0.2, 0.25) is 5.02 Å². The Labute approximate surface area is 229 Å². The van der Waals surface area contributed by atoms with Crippen molar-refractivity contribution in [1.82, 2.24) is 14.5 Å². The summed E-state index contributed by atoms with van der Waals surface area (Å²) < 4.78 is 18.1. The predicted octanol–water partition coefficient (Wildman–Crippen LogP) is 6.30. The van der Waals surface area contributed by atoms with Gasteiger partial charge in [0.05, 0.1) is 18.6 Å². The lowest BCUT2D eigenvalue weighted by Gasteiger charge is -2.28. The summed E-state index contributed by atoms with van der Waals surface area (Å²) in [4.78, 5) is 44.2. The molecule has 1 saturated carbocycles. The van der Waals surface area contributed by atoms with Crippen LogP contribution < -0.4 is 0 Å². The van der Waals surface area contributed by atoms with Crippen LogP contribution in [-0.4, -0.2) is 57.0 Å². The third-order valence-electron chi connectivity index (χ3n) is 6.05. The van der Waals surface area contributed by atoms with Gasteiger partial charge in [0.2, 0.25) is 0 Å². The fourth-order valence-corrected chi connectivity index (χ4v) is 4.51. The summed E-state index contributed by atoms with van der Waals surface area (Å²) in [5.41, 5.74) is -0.957. The number of imidazole rings is 1. The molecule has 0 saturated heterocycles. The third kappa shape index (κ3) is 7.28. The smallest absolute Gasteiger partial charge is 0.419 e. The largest absolute Gasteiger partial charge is 0.465 e. The van der Waals surface area contributed by atoms with Gasteiger partial charge >= 0.3 is 18.2 Å². The Morgan fingerprint density at radius 3 is 2.29 bits per heavy atom. The molecule has 1 aromatic carbocycles. The molecule has 1 heterocycles. The SMILES string of the molecule is CCOC(=O)[C@]1(c2cn(-c3cccc(Cl)c3)cn2)C[C@@H]1CCCN(C(=O)OC(C)(C)C)C(=O)OC(C)(C)C. The fourth-order valence-electron chi connectivity index (χ4n) is 4.32. The van der Waals surface area contributed by atoms with E-state index in [1.807, 2.05) is 29.0 Å². The van der Waals surface area contributed by atoms with Crippen molar-refractivity contribution < 1.29 is 28.6 Å². The average molecular weight is 548 g/mol. The molecule has 9 nitrogen and oxygen atoms in total. The summed E-state index contributed by atoms with van der Waals surface area (Å²) in [6.45, 7) is 12.5. The van der Waals surface area contributed by atoms with E-state index in [9.17, 15) is 14.4 Å². The molecule has 208 valence electrons. The van der Waals surface area contributed by atoms with Crippen molar-refractivity contribution >= 4 is 29.8 Å². The molecule has 2 amide bonds. The molecule has 1 aromatic heterocycles. The number of ether oxygens (including phenoxy) is 3. The summed E-state index contributed by atoms with van der Waals surface area (Å²) in [7, 11) is 0. The highest BCUT2D eigenvalue weighted by atomic mass is 35.5. The van der Waals surface area contributed by atoms with Crippen LogP contribution in [0.3, 0.4) is 0 Å². The maximum absolute atomic E-state index is 13.1. The Hall–Kier alpha value is -3.07. The molecule has 0 spiro atoms. The Balaban J connectivity index is 1.74. The lowest BCUT2D eigenvalue weighted by Crippen LogP contribution is -2.44. The second-order valence-corrected chi connectivity index (χ2v) is 11.9. The number of benzene rings is 1. The van der Waals surface area contributed by atoms with Crippen molar-refractivity contribution in [3.8, 4) is 5.69 Å². The van der Waals surface area contributed by atoms with Crippen LogP contribution in [0.1, 0.15) is 73.4 Å². The van der Waals surface area contributed by atoms with Gasteiger partial charge in [0.25, 0.3) is 0 Å². The third-order valence-corrected chi connectivity index (χ3v) is 6.29. The minimum atomic E-state index is -0.873. The second-order valence-electron chi connectivity index (χ2n) is 11.5. The summed E-state index contributed by atoms with van der Waals surface area (Å²) in [5.74, 6) is -0.374. The van der Waals surface area contributed by atoms with Crippen LogP contribution in [0.25, 0.3) is 5.69 Å². The quantitative estimate of drug-likeness (QED) is 0.282. The van der Waals surface area contributed by atoms with E-state index in [4.69, 9.17) is 25.8 Å². The molecule has 38 heavy (non-hydrogen) atoms. The van der Waals surface area contributed by atoms with Crippen LogP contribution >= 0.6 is 11.6 Å². The van der Waals surface area contributed by atoms with Gasteiger partial charge in [0, 0.05) is 23.5 Å². The number of hydrogen-bond acceptors (Lipinski definition) is 7. The van der Waals surface area contributed by atoms with Gasteiger partial charge in [-0.3, -0.25) is 4.79 Å². The highest BCUT2D eigenvalue weighted by Gasteiger charge is 2.63. The molecule has 0 radical (unpaired) electrons. The molecule has 0 N–H and O–H groups in total. The first-order valence-corrected chi connectivity index (χ1v) is 13.2. The van der Waals surface area contributed by atoms with Gasteiger partial charge in [-0.05, 0) is 91.8 Å². The minimum absolute atomic E-state index is 0.0524. The number of amides is 2. The standard InChI is InChI=1S/C28H38ClN3O6/c1-8-36-23(33)28(22-17-31(18-30-22)21-13-9-12-20(29)15-21)16-19(28)11-10-14-32(24(34)37-26(2,3)4)25(35)38-27(5,6)7/h9,12-13,15,17-19H,8,10-11,14,16H2,1-7H3/t19-,28+/m0/s1. The summed E-state index contributed by atoms with van der Waals surface area (Å²) in [6, 6.07) is 7.36. The van der Waals surface area contributed by atoms with E-state index in [1.54, 1.807) is 60.9 Å². The Morgan fingerprint density at radius 1 is 1.11 bits per heavy atom. The van der Waals surface area contributed by atoms with Crippen molar-refractivity contribution in [1.29, 1.82) is 0 Å². The zero-order valence-electron chi connectivity index (χ0n) is 23.2. The highest BCUT2D eigenvalue weighted by Crippen LogP contribution is 2.57. The second kappa shape index (κ2) is 11.4. The van der Waals surface area contributed by atoms with Crippen molar-refractivity contribution in [2.45, 2.75) is 84.3 Å². The van der Waals surface area contributed by atoms with E-state index in [0.29, 0.717) is 30.0 Å². The zero-order valence-corrected chi connectivity index (χ0v) is 24.0. The molecular weight excluding hydrogens is 510 g/mol. The monoisotopic (exact) mass is 547 g/mol. The number of carbonyl (C=O) groups excluding carboxylic acids is 3. The van der Waals surface area contributed by atoms with E-state index < -0.39 is 28.8 Å². The molecule has 0 bridgehead atoms. The van der Waals surface area contributed by atoms with E-state index in [-0.39, 0.29) is 25.0 Å². The maximum atomic E-state index is 13.1. The number of rotatable bonds is 8. The van der Waals surface area contributed by atoms with Crippen LogP contribution in [0.15, 0.2) is 36.8 Å². The number of hydrogen-bond donors (Lipinski definition) is 0. The number of halogens is 1. The zero-order chi connectivity index (χ0) is 28.3. The van der Waals surface area contributed by atoms with Crippen molar-refractivity contribution in [2.75, 3.05) is 13.2 Å². The van der Waals surface area contributed by atoms with Gasteiger partial charge in [0.1, 0.15) is 16.6 Å². The van der Waals surface area contributed by atoms with Gasteiger partial charge < -0.3 is 18.8 Å². The van der Waals surface area contributed by atoms with Gasteiger partial charge in [-0.25, -0.2) is 19.5 Å². The molecule has 10 heteroatoms. The van der Waals surface area contributed by atoms with E-state index >= 15 is 0 Å². The molecule has 2 atom stereocenters. The molecule has 2 aromatic rings. The molecule has 1 aliphatic carbocycles. The predicted molar refractivity (Wildman–Crippen MR) is 143 cm³/mol. The van der Waals surface area contributed by atoms with E-state index in [1.165, 1.54) is 0 Å². The van der Waals surface area contributed by atoms with Crippen LogP contribution in [0, 0.1) is 5.92 Å². The number of imide groups is 1. The fraction of sp³-hybridized carbons (Fsp3) is 0.571. The summed E-state index contributed by atoms with van der Waals surface area (Å²) >= 11 is 6.14. The molecule has 1 aliphatic rings. The highest BCUT2D eigenvalue weighted by molar-refractivity contribution is 6.30. The molecular formula is C28H38ClN3O6. The number of carbonyl (C=O) groups is 3. The normalized spacial score (nSPS) is 19.0. The first-order valence-electron chi connectivity index (χ1n) is 12.9. The molecule has 1 fully saturated rings. The maximum Gasteiger partial charge on any atom is 0.419 e. The van der Waals surface area contributed by atoms with Gasteiger partial charge in [0.15, 0.2) is 0 Å². The van der Waals surface area contributed by atoms with Gasteiger partial charge in [-0.2, -0.15) is 0 Å². The average Bonchev–Trinajstić information content (AvgIpc) is 3.29. The van der Waals surface area contributed by atoms with Crippen molar-refractivity contribution in [3.63, 3.8) is 0 Å². The lowest BCUT2D eigenvalue weighted by atomic mass is 9.97. The van der Waals surface area contributed by atoms with Crippen molar-refractivity contribution in [2.24, 2.45) is 5.92 Å². The van der Waals surface area contributed by atoms with Crippen LogP contribution in [0.5, 0.6) is 0 Å². The Bertz CT molecular complexity index is 1140. The first-order chi connectivity index (χ1) is 17.7. The van der Waals surface area contributed by atoms with Gasteiger partial charge in [-0.15, -0.1) is 0 Å². The first kappa shape index (κ1) is 29.5. The van der Waals surface area contributed by atoms with E-state index in [0.717, 1.165) is 10.6 Å². The van der Waals surface area contributed by atoms with Crippen LogP contribution in [-0.2, 0) is 24.4 Å². The molecule has 3 rings (SSSR count). The topological polar surface area (TPSA) is 100.0 Å². The molecule has 0 unspecified atom stereocenters. The van der Waals surface area contributed by atoms with Crippen molar-refractivity contribution in [3.05, 3.63) is 47.5 Å². The van der Waals surface area contributed by atoms with Gasteiger partial charge in [-0.1, -0.05) is 17.7 Å². The van der Waals surface area contributed by atoms with Crippen LogP contribution in [0.4, 0.5) is 9.59 Å². The number of esters is 1.